The van der Waals surface area contributed by atoms with Crippen LogP contribution in [-0.2, 0) is 9.53 Å². The van der Waals surface area contributed by atoms with E-state index in [-0.39, 0.29) is 0 Å². The molecule has 0 radical (unpaired) electrons. The number of rotatable bonds is 6. The molecule has 132 valence electrons. The number of nitrogens with one attached hydrogen (secondary N) is 1. The molecule has 8 heteroatoms. The Hall–Kier alpha value is -3.16. The van der Waals surface area contributed by atoms with Gasteiger partial charge in [0.15, 0.2) is 18.1 Å². The van der Waals surface area contributed by atoms with E-state index in [2.05, 4.69) is 5.32 Å². The second-order valence-electron chi connectivity index (χ2n) is 4.82. The first kappa shape index (κ1) is 18.2. The molecule has 0 aliphatic heterocycles. The summed E-state index contributed by atoms with van der Waals surface area (Å²) in [4.78, 5) is 23.5. The number of esters is 1. The van der Waals surface area contributed by atoms with Crippen molar-refractivity contribution in [3.05, 3.63) is 53.6 Å². The van der Waals surface area contributed by atoms with Crippen molar-refractivity contribution in [2.45, 2.75) is 0 Å². The fraction of sp³-hybridized carbons (Fsp3) is 0.176. The number of ether oxygens (including phenoxy) is 3. The van der Waals surface area contributed by atoms with Gasteiger partial charge in [-0.15, -0.1) is 0 Å². The molecule has 0 fully saturated rings. The summed E-state index contributed by atoms with van der Waals surface area (Å²) in [6.07, 6.45) is 0. The molecule has 0 unspecified atom stereocenters. The number of amides is 1. The van der Waals surface area contributed by atoms with Gasteiger partial charge in [-0.2, -0.15) is 0 Å². The lowest BCUT2D eigenvalue weighted by atomic mass is 10.2. The zero-order valence-electron chi connectivity index (χ0n) is 13.5. The van der Waals surface area contributed by atoms with Crippen LogP contribution in [0.2, 0.25) is 0 Å². The third kappa shape index (κ3) is 4.66. The highest BCUT2D eigenvalue weighted by molar-refractivity contribution is 5.95. The van der Waals surface area contributed by atoms with Crippen molar-refractivity contribution in [1.82, 2.24) is 0 Å². The largest absolute Gasteiger partial charge is 0.493 e. The Kier molecular flexibility index (Phi) is 5.89. The minimum absolute atomic E-state index is 0.395. The van der Waals surface area contributed by atoms with Crippen molar-refractivity contribution < 1.29 is 32.6 Å². The van der Waals surface area contributed by atoms with Crippen LogP contribution >= 0.6 is 0 Å². The average molecular weight is 351 g/mol. The van der Waals surface area contributed by atoms with Gasteiger partial charge in [0.1, 0.15) is 11.6 Å². The lowest BCUT2D eigenvalue weighted by Crippen LogP contribution is -2.21. The number of anilines is 1. The Labute approximate surface area is 142 Å². The van der Waals surface area contributed by atoms with E-state index in [1.807, 2.05) is 0 Å². The molecule has 6 nitrogen and oxygen atoms in total. The first-order valence-electron chi connectivity index (χ1n) is 7.08. The van der Waals surface area contributed by atoms with Crippen molar-refractivity contribution in [2.75, 3.05) is 26.1 Å². The number of hydrogen-bond donors (Lipinski definition) is 1. The zero-order valence-corrected chi connectivity index (χ0v) is 13.5. The number of benzene rings is 2. The highest BCUT2D eigenvalue weighted by atomic mass is 19.1. The molecule has 2 aromatic carbocycles. The van der Waals surface area contributed by atoms with Gasteiger partial charge in [-0.1, -0.05) is 0 Å². The Bertz CT molecular complexity index is 795. The van der Waals surface area contributed by atoms with Crippen LogP contribution < -0.4 is 14.8 Å². The van der Waals surface area contributed by atoms with E-state index in [9.17, 15) is 18.4 Å². The Morgan fingerprint density at radius 3 is 2.36 bits per heavy atom. The standard InChI is InChI=1S/C17H15F2NO5/c1-23-14-6-4-11(8-15(14)24-2)20-16(21)9-25-17(22)12-5-3-10(18)7-13(12)19/h3-8H,9H2,1-2H3,(H,20,21). The van der Waals surface area contributed by atoms with Crippen LogP contribution in [0.4, 0.5) is 14.5 Å². The molecule has 25 heavy (non-hydrogen) atoms. The van der Waals surface area contributed by atoms with Crippen molar-refractivity contribution in [3.63, 3.8) is 0 Å². The van der Waals surface area contributed by atoms with E-state index in [4.69, 9.17) is 14.2 Å². The quantitative estimate of drug-likeness (QED) is 0.810. The molecule has 0 aliphatic carbocycles. The second-order valence-corrected chi connectivity index (χ2v) is 4.82. The van der Waals surface area contributed by atoms with Crippen LogP contribution in [0.25, 0.3) is 0 Å². The van der Waals surface area contributed by atoms with Crippen molar-refractivity contribution in [1.29, 1.82) is 0 Å². The van der Waals surface area contributed by atoms with Crippen LogP contribution in [-0.4, -0.2) is 32.7 Å². The summed E-state index contributed by atoms with van der Waals surface area (Å²) >= 11 is 0. The van der Waals surface area contributed by atoms with Gasteiger partial charge in [-0.3, -0.25) is 4.79 Å². The summed E-state index contributed by atoms with van der Waals surface area (Å²) < 4.78 is 41.2. The Morgan fingerprint density at radius 2 is 1.72 bits per heavy atom. The summed E-state index contributed by atoms with van der Waals surface area (Å²) in [5, 5.41) is 2.49. The molecule has 1 amide bonds. The van der Waals surface area contributed by atoms with Gasteiger partial charge in [-0.25, -0.2) is 13.6 Å². The molecule has 0 spiro atoms. The number of halogens is 2. The SMILES string of the molecule is COc1ccc(NC(=O)COC(=O)c2ccc(F)cc2F)cc1OC. The van der Waals surface area contributed by atoms with Crippen molar-refractivity contribution >= 4 is 17.6 Å². The molecule has 1 N–H and O–H groups in total. The minimum atomic E-state index is -1.07. The van der Waals surface area contributed by atoms with Gasteiger partial charge in [0, 0.05) is 17.8 Å². The Balaban J connectivity index is 1.95. The van der Waals surface area contributed by atoms with Crippen molar-refractivity contribution in [2.24, 2.45) is 0 Å². The van der Waals surface area contributed by atoms with E-state index in [0.717, 1.165) is 12.1 Å². The highest BCUT2D eigenvalue weighted by Gasteiger charge is 2.16. The van der Waals surface area contributed by atoms with E-state index in [0.29, 0.717) is 23.3 Å². The predicted molar refractivity (Wildman–Crippen MR) is 84.8 cm³/mol. The maximum Gasteiger partial charge on any atom is 0.341 e. The van der Waals surface area contributed by atoms with E-state index in [1.165, 1.54) is 20.3 Å². The highest BCUT2D eigenvalue weighted by Crippen LogP contribution is 2.29. The van der Waals surface area contributed by atoms with Crippen LogP contribution in [0.5, 0.6) is 11.5 Å². The molecule has 0 bridgehead atoms. The van der Waals surface area contributed by atoms with E-state index >= 15 is 0 Å². The number of hydrogen-bond acceptors (Lipinski definition) is 5. The molecule has 0 atom stereocenters. The fourth-order valence-corrected chi connectivity index (χ4v) is 1.97. The van der Waals surface area contributed by atoms with Crippen LogP contribution in [0.15, 0.2) is 36.4 Å². The second kappa shape index (κ2) is 8.09. The Morgan fingerprint density at radius 1 is 1.00 bits per heavy atom. The molecule has 0 aromatic heterocycles. The van der Waals surface area contributed by atoms with Gasteiger partial charge in [0.2, 0.25) is 0 Å². The topological polar surface area (TPSA) is 73.9 Å². The summed E-state index contributed by atoms with van der Waals surface area (Å²) in [5.41, 5.74) is -0.0630. The molecule has 0 aliphatic rings. The van der Waals surface area contributed by atoms with Gasteiger partial charge in [0.25, 0.3) is 5.91 Å². The molecule has 2 rings (SSSR count). The van der Waals surface area contributed by atoms with Crippen LogP contribution in [0.1, 0.15) is 10.4 Å². The van der Waals surface area contributed by atoms with Crippen LogP contribution in [0, 0.1) is 11.6 Å². The first-order valence-corrected chi connectivity index (χ1v) is 7.08. The maximum atomic E-state index is 13.5. The molecule has 2 aromatic rings. The molecular weight excluding hydrogens is 336 g/mol. The normalized spacial score (nSPS) is 10.1. The summed E-state index contributed by atoms with van der Waals surface area (Å²) in [6.45, 7) is -0.635. The van der Waals surface area contributed by atoms with Crippen LogP contribution in [0.3, 0.4) is 0 Å². The molecule has 0 heterocycles. The van der Waals surface area contributed by atoms with E-state index < -0.39 is 35.7 Å². The van der Waals surface area contributed by atoms with Gasteiger partial charge in [-0.05, 0) is 24.3 Å². The van der Waals surface area contributed by atoms with Crippen molar-refractivity contribution in [3.8, 4) is 11.5 Å². The molecular formula is C17H15F2NO5. The predicted octanol–water partition coefficient (Wildman–Crippen LogP) is 2.78. The summed E-state index contributed by atoms with van der Waals surface area (Å²) in [7, 11) is 2.92. The molecule has 0 saturated carbocycles. The third-order valence-corrected chi connectivity index (χ3v) is 3.15. The monoisotopic (exact) mass is 351 g/mol. The first-order chi connectivity index (χ1) is 11.9. The number of methoxy groups -OCH3 is 2. The number of carbonyl (C=O) groups is 2. The summed E-state index contributed by atoms with van der Waals surface area (Å²) in [5.74, 6) is -2.70. The fourth-order valence-electron chi connectivity index (χ4n) is 1.97. The lowest BCUT2D eigenvalue weighted by Gasteiger charge is -2.11. The third-order valence-electron chi connectivity index (χ3n) is 3.15. The maximum absolute atomic E-state index is 13.5. The van der Waals surface area contributed by atoms with E-state index in [1.54, 1.807) is 12.1 Å². The van der Waals surface area contributed by atoms with Gasteiger partial charge < -0.3 is 19.5 Å². The molecule has 0 saturated heterocycles. The average Bonchev–Trinajstić information content (AvgIpc) is 2.59. The minimum Gasteiger partial charge on any atom is -0.493 e. The smallest absolute Gasteiger partial charge is 0.341 e. The van der Waals surface area contributed by atoms with Gasteiger partial charge in [0.05, 0.1) is 19.8 Å². The van der Waals surface area contributed by atoms with Gasteiger partial charge >= 0.3 is 5.97 Å². The zero-order chi connectivity index (χ0) is 18.4. The lowest BCUT2D eigenvalue weighted by molar-refractivity contribution is -0.119. The number of carbonyl (C=O) groups excluding carboxylic acids is 2. The summed E-state index contributed by atoms with van der Waals surface area (Å²) in [6, 6.07) is 7.11.